The van der Waals surface area contributed by atoms with Crippen LogP contribution in [0.4, 0.5) is 5.82 Å². The smallest absolute Gasteiger partial charge is 0.225 e. The maximum atomic E-state index is 12.8. The molecule has 2 heterocycles. The number of nitrogen functional groups attached to an aromatic ring is 1. The molecule has 4 rings (SSSR count). The van der Waals surface area contributed by atoms with E-state index in [4.69, 9.17) is 33.9 Å². The Balaban J connectivity index is 1.75. The minimum atomic E-state index is -2.93. The molecule has 0 bridgehead atoms. The van der Waals surface area contributed by atoms with E-state index in [1.54, 1.807) is 34.1 Å². The van der Waals surface area contributed by atoms with Gasteiger partial charge in [-0.15, -0.1) is 0 Å². The third kappa shape index (κ3) is 4.18. The molecule has 2 aromatic heterocycles. The zero-order valence-corrected chi connectivity index (χ0v) is 20.5. The Kier molecular flexibility index (Phi) is 6.81. The molecule has 2 aliphatic rings. The van der Waals surface area contributed by atoms with Crippen molar-refractivity contribution in [1.82, 2.24) is 19.5 Å². The summed E-state index contributed by atoms with van der Waals surface area (Å²) in [5.41, 5.74) is 5.46. The molecule has 0 amide bonds. The van der Waals surface area contributed by atoms with E-state index in [2.05, 4.69) is 15.0 Å². The van der Waals surface area contributed by atoms with E-state index in [9.17, 15) is 4.57 Å². The number of rotatable bonds is 12. The van der Waals surface area contributed by atoms with Gasteiger partial charge >= 0.3 is 0 Å². The van der Waals surface area contributed by atoms with Crippen molar-refractivity contribution in [3.8, 4) is 0 Å². The number of imidazole rings is 1. The summed E-state index contributed by atoms with van der Waals surface area (Å²) in [4.78, 5) is 12.9. The first-order chi connectivity index (χ1) is 15.7. The molecule has 0 saturated heterocycles. The van der Waals surface area contributed by atoms with Crippen LogP contribution in [0.15, 0.2) is 12.7 Å². The van der Waals surface area contributed by atoms with Crippen molar-refractivity contribution in [2.24, 2.45) is 5.92 Å². The van der Waals surface area contributed by atoms with Gasteiger partial charge in [0.15, 0.2) is 11.5 Å². The highest BCUT2D eigenvalue weighted by Crippen LogP contribution is 2.69. The Morgan fingerprint density at radius 2 is 1.97 bits per heavy atom. The van der Waals surface area contributed by atoms with Gasteiger partial charge in [0.1, 0.15) is 49.1 Å². The average Bonchev–Trinajstić information content (AvgIpc) is 3.24. The third-order valence-corrected chi connectivity index (χ3v) is 7.84. The predicted octanol–water partition coefficient (Wildman–Crippen LogP) is 2.01. The summed E-state index contributed by atoms with van der Waals surface area (Å²) in [6, 6.07) is -0.280. The molecule has 33 heavy (non-hydrogen) atoms. The first-order valence-electron chi connectivity index (χ1n) is 10.8. The second kappa shape index (κ2) is 9.18. The minimum absolute atomic E-state index is 0.0307. The quantitative estimate of drug-likeness (QED) is 0.348. The number of fused-ring (bicyclic) bond motifs is 2. The first-order valence-corrected chi connectivity index (χ1v) is 13.0. The number of nitrogens with zero attached hydrogens (tertiary/aromatic N) is 4. The molecule has 3 unspecified atom stereocenters. The summed E-state index contributed by atoms with van der Waals surface area (Å²) in [7, 11) is 0.176. The largest absolute Gasteiger partial charge is 0.382 e. The van der Waals surface area contributed by atoms with Crippen LogP contribution in [0.1, 0.15) is 26.3 Å². The molecule has 184 valence electrons. The third-order valence-electron chi connectivity index (χ3n) is 6.44. The van der Waals surface area contributed by atoms with Gasteiger partial charge in [-0.05, 0) is 20.3 Å². The van der Waals surface area contributed by atoms with E-state index in [1.165, 1.54) is 6.33 Å². The van der Waals surface area contributed by atoms with E-state index < -0.39 is 24.7 Å². The normalized spacial score (nSPS) is 32.7. The second-order valence-electron chi connectivity index (χ2n) is 8.69. The van der Waals surface area contributed by atoms with Crippen molar-refractivity contribution in [2.45, 2.75) is 43.6 Å². The van der Waals surface area contributed by atoms with Gasteiger partial charge in [0.25, 0.3) is 0 Å². The molecular formula is C20H32N5O7P. The molecule has 6 atom stereocenters. The SMILES string of the molecule is CCOP(C)(=O)CO[C@@]12CC1[C@@H](n1cnc3c(N)ncnc31)[C@](C)(OCOC)C2OCOC. The Bertz CT molecular complexity index is 1040. The first kappa shape index (κ1) is 24.5. The fourth-order valence-electron chi connectivity index (χ4n) is 5.13. The molecule has 12 nitrogen and oxygen atoms in total. The van der Waals surface area contributed by atoms with E-state index in [-0.39, 0.29) is 31.9 Å². The van der Waals surface area contributed by atoms with Crippen molar-refractivity contribution in [3.63, 3.8) is 0 Å². The zero-order chi connectivity index (χ0) is 23.9. The highest BCUT2D eigenvalue weighted by Gasteiger charge is 2.79. The van der Waals surface area contributed by atoms with E-state index in [0.29, 0.717) is 30.0 Å². The van der Waals surface area contributed by atoms with Gasteiger partial charge in [-0.2, -0.15) is 0 Å². The highest BCUT2D eigenvalue weighted by atomic mass is 31.2. The predicted molar refractivity (Wildman–Crippen MR) is 119 cm³/mol. The van der Waals surface area contributed by atoms with Gasteiger partial charge in [0.05, 0.1) is 19.0 Å². The van der Waals surface area contributed by atoms with Crippen LogP contribution in [0.5, 0.6) is 0 Å². The molecule has 2 aromatic rings. The van der Waals surface area contributed by atoms with Crippen LogP contribution in [0.25, 0.3) is 11.2 Å². The van der Waals surface area contributed by atoms with Crippen LogP contribution in [0, 0.1) is 5.92 Å². The Hall–Kier alpha value is -1.66. The van der Waals surface area contributed by atoms with E-state index in [0.717, 1.165) is 0 Å². The monoisotopic (exact) mass is 485 g/mol. The van der Waals surface area contributed by atoms with Gasteiger partial charge < -0.3 is 38.5 Å². The maximum Gasteiger partial charge on any atom is 0.225 e. The van der Waals surface area contributed by atoms with Crippen LogP contribution in [-0.2, 0) is 32.8 Å². The van der Waals surface area contributed by atoms with E-state index >= 15 is 0 Å². The molecule has 0 aromatic carbocycles. The lowest BCUT2D eigenvalue weighted by molar-refractivity contribution is -0.230. The summed E-state index contributed by atoms with van der Waals surface area (Å²) < 4.78 is 49.4. The Morgan fingerprint density at radius 3 is 2.67 bits per heavy atom. The number of nitrogens with two attached hydrogens (primary N) is 1. The standard InChI is InChI=1S/C20H32N5O7P/c1-6-32-33(5,26)12-31-20-7-13(20)15(19(2,30-11-28-4)18(20)29-10-27-3)25-9-24-14-16(21)22-8-23-17(14)25/h8-9,13,15,18H,6-7,10-12H2,1-5H3,(H2,21,22,23)/t13?,15-,18?,19+,20+,33?/m1/s1. The highest BCUT2D eigenvalue weighted by molar-refractivity contribution is 7.57. The molecule has 0 aliphatic heterocycles. The lowest BCUT2D eigenvalue weighted by Crippen LogP contribution is -2.52. The number of methoxy groups -OCH3 is 2. The molecule has 2 aliphatic carbocycles. The zero-order valence-electron chi connectivity index (χ0n) is 19.6. The molecule has 2 fully saturated rings. The summed E-state index contributed by atoms with van der Waals surface area (Å²) in [5.74, 6) is 0.266. The molecular weight excluding hydrogens is 453 g/mol. The number of hydrogen-bond acceptors (Lipinski definition) is 11. The number of hydrogen-bond donors (Lipinski definition) is 1. The minimum Gasteiger partial charge on any atom is -0.382 e. The number of aromatic nitrogens is 4. The van der Waals surface area contributed by atoms with Crippen molar-refractivity contribution in [3.05, 3.63) is 12.7 Å². The second-order valence-corrected chi connectivity index (χ2v) is 11.2. The molecule has 0 spiro atoms. The molecule has 13 heteroatoms. The summed E-state index contributed by atoms with van der Waals surface area (Å²) in [5, 5.41) is 0. The number of anilines is 1. The van der Waals surface area contributed by atoms with Crippen LogP contribution in [0.2, 0.25) is 0 Å². The topological polar surface area (TPSA) is 142 Å². The molecule has 0 radical (unpaired) electrons. The lowest BCUT2D eigenvalue weighted by atomic mass is 9.91. The summed E-state index contributed by atoms with van der Waals surface area (Å²) >= 11 is 0. The molecule has 2 N–H and O–H groups in total. The van der Waals surface area contributed by atoms with Crippen LogP contribution < -0.4 is 5.73 Å². The van der Waals surface area contributed by atoms with Gasteiger partial charge in [-0.25, -0.2) is 15.0 Å². The average molecular weight is 485 g/mol. The van der Waals surface area contributed by atoms with Gasteiger partial charge in [0, 0.05) is 26.8 Å². The van der Waals surface area contributed by atoms with Crippen molar-refractivity contribution < 1.29 is 32.8 Å². The summed E-state index contributed by atoms with van der Waals surface area (Å²) in [6.07, 6.45) is 3.18. The van der Waals surface area contributed by atoms with Crippen LogP contribution in [-0.4, -0.2) is 84.3 Å². The van der Waals surface area contributed by atoms with Gasteiger partial charge in [-0.1, -0.05) is 0 Å². The van der Waals surface area contributed by atoms with Crippen LogP contribution >= 0.6 is 7.37 Å². The Morgan fingerprint density at radius 1 is 1.21 bits per heavy atom. The van der Waals surface area contributed by atoms with Gasteiger partial charge in [-0.3, -0.25) is 4.57 Å². The van der Waals surface area contributed by atoms with Crippen molar-refractivity contribution >= 4 is 24.4 Å². The maximum absolute atomic E-state index is 12.8. The fraction of sp³-hybridized carbons (Fsp3) is 0.750. The van der Waals surface area contributed by atoms with Crippen LogP contribution in [0.3, 0.4) is 0 Å². The Labute approximate surface area is 192 Å². The molecule has 2 saturated carbocycles. The number of ether oxygens (including phenoxy) is 5. The van der Waals surface area contributed by atoms with E-state index in [1.807, 2.05) is 11.5 Å². The van der Waals surface area contributed by atoms with Gasteiger partial charge in [0.2, 0.25) is 7.37 Å². The van der Waals surface area contributed by atoms with Crippen molar-refractivity contribution in [2.75, 3.05) is 53.2 Å². The fourth-order valence-corrected chi connectivity index (χ4v) is 6.22. The lowest BCUT2D eigenvalue weighted by Gasteiger charge is -2.40. The van der Waals surface area contributed by atoms with Crippen molar-refractivity contribution in [1.29, 1.82) is 0 Å². The summed E-state index contributed by atoms with van der Waals surface area (Å²) in [6.45, 7) is 5.74.